The van der Waals surface area contributed by atoms with Crippen LogP contribution in [0.15, 0.2) is 57.4 Å². The van der Waals surface area contributed by atoms with Crippen molar-refractivity contribution in [2.24, 2.45) is 0 Å². The molecule has 4 nitrogen and oxygen atoms in total. The lowest BCUT2D eigenvalue weighted by Gasteiger charge is -2.23. The van der Waals surface area contributed by atoms with Crippen LogP contribution < -0.4 is 4.90 Å². The number of para-hydroxylation sites is 1. The summed E-state index contributed by atoms with van der Waals surface area (Å²) in [7, 11) is 0. The molecule has 1 aliphatic rings. The number of carbonyl (C=O) groups is 1. The molecule has 6 heteroatoms. The summed E-state index contributed by atoms with van der Waals surface area (Å²) in [4.78, 5) is 16.9. The van der Waals surface area contributed by atoms with Crippen molar-refractivity contribution in [2.75, 3.05) is 31.1 Å². The van der Waals surface area contributed by atoms with Crippen molar-refractivity contribution in [1.82, 2.24) is 4.90 Å². The highest BCUT2D eigenvalue weighted by molar-refractivity contribution is 9.10. The summed E-state index contributed by atoms with van der Waals surface area (Å²) in [6.45, 7) is 2.82. The Morgan fingerprint density at radius 1 is 1.04 bits per heavy atom. The Kier molecular flexibility index (Phi) is 4.68. The van der Waals surface area contributed by atoms with E-state index in [-0.39, 0.29) is 11.7 Å². The van der Waals surface area contributed by atoms with Gasteiger partial charge in [0.1, 0.15) is 11.4 Å². The monoisotopic (exact) mass is 416 g/mol. The molecule has 3 aromatic rings. The van der Waals surface area contributed by atoms with Crippen molar-refractivity contribution in [3.8, 4) is 0 Å². The van der Waals surface area contributed by atoms with Crippen molar-refractivity contribution < 1.29 is 13.6 Å². The highest BCUT2D eigenvalue weighted by Crippen LogP contribution is 2.28. The smallest absolute Gasteiger partial charge is 0.289 e. The molecule has 2 heterocycles. The first-order chi connectivity index (χ1) is 12.6. The molecule has 1 amide bonds. The molecule has 0 unspecified atom stereocenters. The number of rotatable bonds is 2. The van der Waals surface area contributed by atoms with Crippen molar-refractivity contribution in [3.05, 3.63) is 64.6 Å². The van der Waals surface area contributed by atoms with E-state index < -0.39 is 0 Å². The van der Waals surface area contributed by atoms with Crippen LogP contribution in [0.4, 0.5) is 10.1 Å². The summed E-state index contributed by atoms with van der Waals surface area (Å²) in [6.07, 6.45) is 0.854. The minimum atomic E-state index is -0.239. The van der Waals surface area contributed by atoms with E-state index in [0.29, 0.717) is 31.0 Å². The highest BCUT2D eigenvalue weighted by Gasteiger charge is 2.23. The largest absolute Gasteiger partial charge is 0.450 e. The fraction of sp³-hybridized carbons (Fsp3) is 0.250. The lowest BCUT2D eigenvalue weighted by Crippen LogP contribution is -2.35. The first-order valence-electron chi connectivity index (χ1n) is 8.60. The van der Waals surface area contributed by atoms with Crippen molar-refractivity contribution >= 4 is 38.5 Å². The van der Waals surface area contributed by atoms with Crippen molar-refractivity contribution in [1.29, 1.82) is 0 Å². The molecule has 0 N–H and O–H groups in total. The molecule has 1 saturated heterocycles. The lowest BCUT2D eigenvalue weighted by molar-refractivity contribution is 0.0737. The van der Waals surface area contributed by atoms with Crippen LogP contribution in [0.2, 0.25) is 0 Å². The second-order valence-electron chi connectivity index (χ2n) is 6.38. The van der Waals surface area contributed by atoms with Gasteiger partial charge in [-0.2, -0.15) is 0 Å². The number of hydrogen-bond donors (Lipinski definition) is 0. The summed E-state index contributed by atoms with van der Waals surface area (Å²) >= 11 is 3.45. The van der Waals surface area contributed by atoms with Crippen LogP contribution in [-0.2, 0) is 0 Å². The van der Waals surface area contributed by atoms with Crippen molar-refractivity contribution in [3.63, 3.8) is 0 Å². The average Bonchev–Trinajstić information content (AvgIpc) is 2.94. The number of fused-ring (bicyclic) bond motifs is 1. The molecule has 4 rings (SSSR count). The van der Waals surface area contributed by atoms with Gasteiger partial charge in [-0.3, -0.25) is 4.79 Å². The van der Waals surface area contributed by atoms with E-state index in [1.54, 1.807) is 18.2 Å². The SMILES string of the molecule is O=C(c1cc2cccc(Br)c2o1)N1CCCN(c2ccc(F)cc2)CC1. The second kappa shape index (κ2) is 7.11. The number of carbonyl (C=O) groups excluding carboxylic acids is 1. The van der Waals surface area contributed by atoms with Crippen LogP contribution in [0.25, 0.3) is 11.0 Å². The molecule has 0 atom stereocenters. The maximum absolute atomic E-state index is 13.1. The molecule has 0 saturated carbocycles. The van der Waals surface area contributed by atoms with Gasteiger partial charge in [-0.25, -0.2) is 4.39 Å². The molecule has 0 bridgehead atoms. The van der Waals surface area contributed by atoms with E-state index >= 15 is 0 Å². The molecule has 0 radical (unpaired) electrons. The molecule has 1 aliphatic heterocycles. The fourth-order valence-corrected chi connectivity index (χ4v) is 3.78. The summed E-state index contributed by atoms with van der Waals surface area (Å²) in [5.41, 5.74) is 1.67. The predicted octanol–water partition coefficient (Wildman–Crippen LogP) is 4.69. The first-order valence-corrected chi connectivity index (χ1v) is 9.39. The van der Waals surface area contributed by atoms with E-state index in [1.165, 1.54) is 12.1 Å². The Morgan fingerprint density at radius 3 is 2.62 bits per heavy atom. The maximum atomic E-state index is 13.1. The Hall–Kier alpha value is -2.34. The zero-order valence-electron chi connectivity index (χ0n) is 14.1. The minimum absolute atomic E-state index is 0.0888. The van der Waals surface area contributed by atoms with Crippen molar-refractivity contribution in [2.45, 2.75) is 6.42 Å². The number of furan rings is 1. The molecule has 134 valence electrons. The van der Waals surface area contributed by atoms with E-state index in [9.17, 15) is 9.18 Å². The summed E-state index contributed by atoms with van der Waals surface area (Å²) in [5, 5.41) is 0.908. The van der Waals surface area contributed by atoms with Gasteiger partial charge in [-0.15, -0.1) is 0 Å². The molecule has 1 aromatic heterocycles. The van der Waals surface area contributed by atoms with E-state index in [2.05, 4.69) is 20.8 Å². The van der Waals surface area contributed by atoms with Gasteiger partial charge < -0.3 is 14.2 Å². The number of halogens is 2. The highest BCUT2D eigenvalue weighted by atomic mass is 79.9. The van der Waals surface area contributed by atoms with Gasteiger partial charge in [-0.1, -0.05) is 12.1 Å². The van der Waals surface area contributed by atoms with Gasteiger partial charge in [0.15, 0.2) is 5.76 Å². The molecule has 0 spiro atoms. The third-order valence-corrected chi connectivity index (χ3v) is 5.31. The number of benzene rings is 2. The number of amides is 1. The van der Waals surface area contributed by atoms with E-state index in [1.807, 2.05) is 23.1 Å². The molecule has 0 aliphatic carbocycles. The zero-order valence-corrected chi connectivity index (χ0v) is 15.7. The van der Waals surface area contributed by atoms with Crippen LogP contribution in [0, 0.1) is 5.82 Å². The first kappa shape index (κ1) is 17.1. The quantitative estimate of drug-likeness (QED) is 0.607. The molecular weight excluding hydrogens is 399 g/mol. The van der Waals surface area contributed by atoms with Gasteiger partial charge in [0, 0.05) is 37.3 Å². The molecule has 1 fully saturated rings. The summed E-state index contributed by atoms with van der Waals surface area (Å²) in [5.74, 6) is 0.0348. The van der Waals surface area contributed by atoms with E-state index in [4.69, 9.17) is 4.42 Å². The van der Waals surface area contributed by atoms with Crippen LogP contribution in [0.1, 0.15) is 17.0 Å². The third kappa shape index (κ3) is 3.33. The second-order valence-corrected chi connectivity index (χ2v) is 7.23. The maximum Gasteiger partial charge on any atom is 0.289 e. The minimum Gasteiger partial charge on any atom is -0.450 e. The normalized spacial score (nSPS) is 15.3. The Labute approximate surface area is 159 Å². The van der Waals surface area contributed by atoms with E-state index in [0.717, 1.165) is 28.5 Å². The van der Waals surface area contributed by atoms with Crippen LogP contribution in [0.3, 0.4) is 0 Å². The lowest BCUT2D eigenvalue weighted by atomic mass is 10.2. The average molecular weight is 417 g/mol. The third-order valence-electron chi connectivity index (χ3n) is 4.68. The number of hydrogen-bond acceptors (Lipinski definition) is 3. The zero-order chi connectivity index (χ0) is 18.1. The topological polar surface area (TPSA) is 36.7 Å². The molecule has 26 heavy (non-hydrogen) atoms. The Balaban J connectivity index is 1.50. The molecular formula is C20H18BrFN2O2. The fourth-order valence-electron chi connectivity index (χ4n) is 3.32. The Bertz CT molecular complexity index is 939. The van der Waals surface area contributed by atoms with Crippen LogP contribution in [0.5, 0.6) is 0 Å². The van der Waals surface area contributed by atoms with Gasteiger partial charge in [-0.05, 0) is 58.7 Å². The molecule has 2 aromatic carbocycles. The van der Waals surface area contributed by atoms with Gasteiger partial charge >= 0.3 is 0 Å². The van der Waals surface area contributed by atoms with Gasteiger partial charge in [0.25, 0.3) is 5.91 Å². The standard InChI is InChI=1S/C20H18BrFN2O2/c21-17-4-1-3-14-13-18(26-19(14)17)20(25)24-10-2-9-23(11-12-24)16-7-5-15(22)6-8-16/h1,3-8,13H,2,9-12H2. The van der Waals surface area contributed by atoms with Crippen LogP contribution >= 0.6 is 15.9 Å². The van der Waals surface area contributed by atoms with Gasteiger partial charge in [0.2, 0.25) is 0 Å². The summed E-state index contributed by atoms with van der Waals surface area (Å²) in [6, 6.07) is 14.0. The van der Waals surface area contributed by atoms with Gasteiger partial charge in [0.05, 0.1) is 4.47 Å². The number of nitrogens with zero attached hydrogens (tertiary/aromatic N) is 2. The summed E-state index contributed by atoms with van der Waals surface area (Å²) < 4.78 is 19.7. The van der Waals surface area contributed by atoms with Crippen LogP contribution in [-0.4, -0.2) is 37.0 Å². The number of anilines is 1. The predicted molar refractivity (Wildman–Crippen MR) is 103 cm³/mol. The Morgan fingerprint density at radius 2 is 1.85 bits per heavy atom.